The van der Waals surface area contributed by atoms with E-state index >= 15 is 0 Å². The van der Waals surface area contributed by atoms with Gasteiger partial charge in [0.2, 0.25) is 5.13 Å². The van der Waals surface area contributed by atoms with Crippen LogP contribution in [0.15, 0.2) is 12.4 Å². The van der Waals surface area contributed by atoms with Gasteiger partial charge in [-0.2, -0.15) is 9.47 Å². The van der Waals surface area contributed by atoms with Gasteiger partial charge in [-0.15, -0.1) is 0 Å². The van der Waals surface area contributed by atoms with Gasteiger partial charge in [0.15, 0.2) is 0 Å². The van der Waals surface area contributed by atoms with Crippen molar-refractivity contribution < 1.29 is 0 Å². The third-order valence-corrected chi connectivity index (χ3v) is 2.68. The van der Waals surface area contributed by atoms with Crippen molar-refractivity contribution in [3.63, 3.8) is 0 Å². The molecule has 0 aliphatic carbocycles. The molecule has 0 aliphatic heterocycles. The van der Waals surface area contributed by atoms with E-state index in [9.17, 15) is 0 Å². The van der Waals surface area contributed by atoms with E-state index < -0.39 is 0 Å². The van der Waals surface area contributed by atoms with Gasteiger partial charge in [-0.3, -0.25) is 4.68 Å². The first-order valence-corrected chi connectivity index (χ1v) is 5.82. The van der Waals surface area contributed by atoms with E-state index in [-0.39, 0.29) is 5.41 Å². The van der Waals surface area contributed by atoms with Crippen LogP contribution in [0.25, 0.3) is 0 Å². The summed E-state index contributed by atoms with van der Waals surface area (Å²) in [6.07, 6.45) is 3.66. The number of anilines is 2. The van der Waals surface area contributed by atoms with E-state index in [1.54, 1.807) is 10.9 Å². The molecule has 86 valence electrons. The summed E-state index contributed by atoms with van der Waals surface area (Å²) in [5, 5.41) is 8.06. The van der Waals surface area contributed by atoms with Crippen LogP contribution in [0.3, 0.4) is 0 Å². The maximum atomic E-state index is 4.45. The Morgan fingerprint density at radius 2 is 2.12 bits per heavy atom. The van der Waals surface area contributed by atoms with Crippen LogP contribution < -0.4 is 5.32 Å². The molecule has 0 fully saturated rings. The van der Waals surface area contributed by atoms with Gasteiger partial charge >= 0.3 is 0 Å². The van der Waals surface area contributed by atoms with E-state index in [2.05, 4.69) is 40.5 Å². The first-order valence-electron chi connectivity index (χ1n) is 5.05. The van der Waals surface area contributed by atoms with Gasteiger partial charge in [0.1, 0.15) is 5.82 Å². The Labute approximate surface area is 98.7 Å². The van der Waals surface area contributed by atoms with E-state index in [1.165, 1.54) is 11.5 Å². The zero-order chi connectivity index (χ0) is 11.8. The molecular weight excluding hydrogens is 222 g/mol. The number of nitrogens with one attached hydrogen (secondary N) is 1. The van der Waals surface area contributed by atoms with Crippen LogP contribution in [0.1, 0.15) is 26.6 Å². The molecule has 2 aromatic rings. The predicted octanol–water partition coefficient (Wildman–Crippen LogP) is 2.31. The van der Waals surface area contributed by atoms with E-state index in [4.69, 9.17) is 0 Å². The second-order valence-corrected chi connectivity index (χ2v) is 5.45. The Morgan fingerprint density at radius 3 is 2.62 bits per heavy atom. The SMILES string of the molecule is Cn1cc(Nc2nc(C(C)(C)C)ns2)cn1. The van der Waals surface area contributed by atoms with E-state index in [0.717, 1.165) is 16.6 Å². The van der Waals surface area contributed by atoms with Crippen LogP contribution in [0.2, 0.25) is 0 Å². The quantitative estimate of drug-likeness (QED) is 0.870. The molecular formula is C10H15N5S. The van der Waals surface area contributed by atoms with Gasteiger partial charge in [0.05, 0.1) is 11.9 Å². The van der Waals surface area contributed by atoms with Crippen LogP contribution in [0, 0.1) is 0 Å². The summed E-state index contributed by atoms with van der Waals surface area (Å²) in [7, 11) is 1.88. The standard InChI is InChI=1S/C10H15N5S/c1-10(2,3)8-13-9(16-14-8)12-7-5-11-15(4)6-7/h5-6H,1-4H3,(H,12,13,14). The fourth-order valence-electron chi connectivity index (χ4n) is 1.19. The molecule has 6 heteroatoms. The minimum Gasteiger partial charge on any atom is -0.328 e. The molecule has 2 heterocycles. The summed E-state index contributed by atoms with van der Waals surface area (Å²) in [5.74, 6) is 0.865. The van der Waals surface area contributed by atoms with Gasteiger partial charge in [0.25, 0.3) is 0 Å². The molecule has 1 N–H and O–H groups in total. The summed E-state index contributed by atoms with van der Waals surface area (Å²) in [4.78, 5) is 4.45. The molecule has 0 bridgehead atoms. The number of rotatable bonds is 2. The Balaban J connectivity index is 2.14. The summed E-state index contributed by atoms with van der Waals surface area (Å²) in [5.41, 5.74) is 0.921. The predicted molar refractivity (Wildman–Crippen MR) is 65.1 cm³/mol. The van der Waals surface area contributed by atoms with Crippen molar-refractivity contribution >= 4 is 22.4 Å². The summed E-state index contributed by atoms with van der Waals surface area (Å²) in [6, 6.07) is 0. The van der Waals surface area contributed by atoms with Crippen LogP contribution in [-0.4, -0.2) is 19.1 Å². The van der Waals surface area contributed by atoms with Crippen molar-refractivity contribution in [2.24, 2.45) is 7.05 Å². The normalized spacial score (nSPS) is 11.8. The molecule has 16 heavy (non-hydrogen) atoms. The third kappa shape index (κ3) is 2.38. The second kappa shape index (κ2) is 3.86. The van der Waals surface area contributed by atoms with Crippen LogP contribution in [-0.2, 0) is 12.5 Å². The maximum absolute atomic E-state index is 4.45. The lowest BCUT2D eigenvalue weighted by Gasteiger charge is -2.12. The average molecular weight is 237 g/mol. The van der Waals surface area contributed by atoms with E-state index in [0.29, 0.717) is 0 Å². The number of hydrogen-bond donors (Lipinski definition) is 1. The van der Waals surface area contributed by atoms with Crippen LogP contribution >= 0.6 is 11.5 Å². The molecule has 0 unspecified atom stereocenters. The third-order valence-electron chi connectivity index (χ3n) is 2.05. The van der Waals surface area contributed by atoms with Gasteiger partial charge in [0, 0.05) is 30.2 Å². The molecule has 0 amide bonds. The molecule has 5 nitrogen and oxygen atoms in total. The highest BCUT2D eigenvalue weighted by Crippen LogP contribution is 2.24. The zero-order valence-electron chi connectivity index (χ0n) is 9.85. The fraction of sp³-hybridized carbons (Fsp3) is 0.500. The van der Waals surface area contributed by atoms with Crippen LogP contribution in [0.5, 0.6) is 0 Å². The number of hydrogen-bond acceptors (Lipinski definition) is 5. The van der Waals surface area contributed by atoms with Crippen molar-refractivity contribution in [3.05, 3.63) is 18.2 Å². The van der Waals surface area contributed by atoms with Crippen molar-refractivity contribution in [1.82, 2.24) is 19.1 Å². The van der Waals surface area contributed by atoms with E-state index in [1.807, 2.05) is 13.2 Å². The highest BCUT2D eigenvalue weighted by Gasteiger charge is 2.19. The topological polar surface area (TPSA) is 55.6 Å². The fourth-order valence-corrected chi connectivity index (χ4v) is 1.97. The van der Waals surface area contributed by atoms with Gasteiger partial charge in [-0.1, -0.05) is 20.8 Å². The van der Waals surface area contributed by atoms with Gasteiger partial charge < -0.3 is 5.32 Å². The van der Waals surface area contributed by atoms with Crippen molar-refractivity contribution in [2.45, 2.75) is 26.2 Å². The molecule has 0 radical (unpaired) electrons. The summed E-state index contributed by atoms with van der Waals surface area (Å²) < 4.78 is 6.08. The second-order valence-electron chi connectivity index (χ2n) is 4.70. The monoisotopic (exact) mass is 237 g/mol. The van der Waals surface area contributed by atoms with Gasteiger partial charge in [-0.25, -0.2) is 4.98 Å². The first-order chi connectivity index (χ1) is 7.45. The van der Waals surface area contributed by atoms with Crippen molar-refractivity contribution in [1.29, 1.82) is 0 Å². The highest BCUT2D eigenvalue weighted by atomic mass is 32.1. The molecule has 0 saturated carbocycles. The lowest BCUT2D eigenvalue weighted by Crippen LogP contribution is -2.13. The lowest BCUT2D eigenvalue weighted by molar-refractivity contribution is 0.555. The molecule has 0 aliphatic rings. The Bertz CT molecular complexity index is 479. The number of aromatic nitrogens is 4. The van der Waals surface area contributed by atoms with Crippen LogP contribution in [0.4, 0.5) is 10.8 Å². The maximum Gasteiger partial charge on any atom is 0.207 e. The average Bonchev–Trinajstić information content (AvgIpc) is 2.74. The molecule has 2 rings (SSSR count). The lowest BCUT2D eigenvalue weighted by atomic mass is 9.96. The smallest absolute Gasteiger partial charge is 0.207 e. The summed E-state index contributed by atoms with van der Waals surface area (Å²) >= 11 is 1.37. The van der Waals surface area contributed by atoms with Crippen molar-refractivity contribution in [3.8, 4) is 0 Å². The molecule has 0 spiro atoms. The molecule has 0 saturated heterocycles. The Morgan fingerprint density at radius 1 is 1.38 bits per heavy atom. The first kappa shape index (κ1) is 11.1. The molecule has 0 atom stereocenters. The minimum atomic E-state index is -0.00856. The number of nitrogens with zero attached hydrogens (tertiary/aromatic N) is 4. The van der Waals surface area contributed by atoms with Gasteiger partial charge in [-0.05, 0) is 0 Å². The Kier molecular flexibility index (Phi) is 2.67. The highest BCUT2D eigenvalue weighted by molar-refractivity contribution is 7.09. The number of aryl methyl sites for hydroxylation is 1. The summed E-state index contributed by atoms with van der Waals surface area (Å²) in [6.45, 7) is 6.30. The molecule has 0 aromatic carbocycles. The Hall–Kier alpha value is -1.43. The van der Waals surface area contributed by atoms with Crippen molar-refractivity contribution in [2.75, 3.05) is 5.32 Å². The minimum absolute atomic E-state index is 0.00856. The molecule has 2 aromatic heterocycles. The largest absolute Gasteiger partial charge is 0.328 e. The zero-order valence-corrected chi connectivity index (χ0v) is 10.7.